The van der Waals surface area contributed by atoms with Gasteiger partial charge >= 0.3 is 5.97 Å². The van der Waals surface area contributed by atoms with Gasteiger partial charge in [-0.2, -0.15) is 0 Å². The van der Waals surface area contributed by atoms with Gasteiger partial charge in [0.1, 0.15) is 5.52 Å². The Bertz CT molecular complexity index is 2300. The second-order valence-electron chi connectivity index (χ2n) is 13.7. The summed E-state index contributed by atoms with van der Waals surface area (Å²) >= 11 is 14.2. The molecule has 0 saturated carbocycles. The molecule has 52 heavy (non-hydrogen) atoms. The zero-order chi connectivity index (χ0) is 35.8. The number of carboxylic acids is 1. The molecule has 0 unspecified atom stereocenters. The minimum absolute atomic E-state index is 0.261. The molecule has 0 aliphatic carbocycles. The van der Waals surface area contributed by atoms with Crippen molar-refractivity contribution in [2.45, 2.75) is 38.5 Å². The monoisotopic (exact) mass is 733 g/mol. The molecule has 264 valence electrons. The number of aromatic nitrogens is 4. The topological polar surface area (TPSA) is 128 Å². The average molecular weight is 735 g/mol. The zero-order valence-corrected chi connectivity index (χ0v) is 29.9. The molecule has 10 nitrogen and oxygen atoms in total. The molecule has 2 fully saturated rings. The second-order valence-corrected chi connectivity index (χ2v) is 14.5. The van der Waals surface area contributed by atoms with E-state index < -0.39 is 5.97 Å². The maximum atomic E-state index is 11.4. The van der Waals surface area contributed by atoms with Gasteiger partial charge in [0.2, 0.25) is 0 Å². The van der Waals surface area contributed by atoms with E-state index in [1.807, 2.05) is 60.9 Å². The number of aliphatic carboxylic acids is 1. The predicted octanol–water partition coefficient (Wildman–Crippen LogP) is 7.35. The molecule has 8 rings (SSSR count). The molecule has 0 radical (unpaired) electrons. The Kier molecular flexibility index (Phi) is 9.74. The SMILES string of the molecule is O=C(O)[C@@H]1CCN(Cc2cnc3c(Cc4cccc(-c5cccc(Nc6nccc7cc(CN8CC[C@H](O)C8)cnc67)c5Cl)c4Cl)nccc3c2)C1. The Morgan fingerprint density at radius 3 is 2.15 bits per heavy atom. The van der Waals surface area contributed by atoms with Crippen LogP contribution in [0.15, 0.2) is 85.5 Å². The molecule has 4 aromatic heterocycles. The van der Waals surface area contributed by atoms with Crippen LogP contribution in [0.4, 0.5) is 11.5 Å². The summed E-state index contributed by atoms with van der Waals surface area (Å²) in [5, 5.41) is 25.7. The summed E-state index contributed by atoms with van der Waals surface area (Å²) in [6.07, 6.45) is 8.96. The van der Waals surface area contributed by atoms with Crippen molar-refractivity contribution in [3.63, 3.8) is 0 Å². The van der Waals surface area contributed by atoms with Crippen LogP contribution in [0.1, 0.15) is 35.2 Å². The summed E-state index contributed by atoms with van der Waals surface area (Å²) in [5.41, 5.74) is 7.64. The van der Waals surface area contributed by atoms with Crippen molar-refractivity contribution in [1.29, 1.82) is 0 Å². The molecule has 0 amide bonds. The molecule has 0 bridgehead atoms. The lowest BCUT2D eigenvalue weighted by atomic mass is 9.99. The normalized spacial score (nSPS) is 18.1. The van der Waals surface area contributed by atoms with Gasteiger partial charge in [0, 0.05) is 85.8 Å². The zero-order valence-electron chi connectivity index (χ0n) is 28.3. The number of anilines is 2. The number of halogens is 2. The number of hydrogen-bond acceptors (Lipinski definition) is 9. The quantitative estimate of drug-likeness (QED) is 0.131. The van der Waals surface area contributed by atoms with Gasteiger partial charge in [0.15, 0.2) is 5.82 Å². The summed E-state index contributed by atoms with van der Waals surface area (Å²) in [4.78, 5) is 34.7. The van der Waals surface area contributed by atoms with Gasteiger partial charge in [-0.15, -0.1) is 0 Å². The van der Waals surface area contributed by atoms with Crippen LogP contribution in [0.3, 0.4) is 0 Å². The van der Waals surface area contributed by atoms with Gasteiger partial charge in [0.05, 0.1) is 39.0 Å². The predicted molar refractivity (Wildman–Crippen MR) is 204 cm³/mol. The van der Waals surface area contributed by atoms with Crippen molar-refractivity contribution in [2.75, 3.05) is 31.5 Å². The smallest absolute Gasteiger partial charge is 0.307 e. The fourth-order valence-corrected chi connectivity index (χ4v) is 7.95. The Hall–Kier alpha value is -4.71. The number of benzene rings is 2. The first-order valence-electron chi connectivity index (χ1n) is 17.4. The number of β-amino-alcohol motifs (C(OH)–C–C–N with tert-alkyl or cyclic N) is 1. The Labute approximate surface area is 311 Å². The van der Waals surface area contributed by atoms with Gasteiger partial charge in [-0.25, -0.2) is 4.98 Å². The molecule has 12 heteroatoms. The van der Waals surface area contributed by atoms with Crippen molar-refractivity contribution >= 4 is 62.5 Å². The minimum Gasteiger partial charge on any atom is -0.481 e. The molecular weight excluding hydrogens is 697 g/mol. The Balaban J connectivity index is 1.02. The average Bonchev–Trinajstić information content (AvgIpc) is 3.79. The first-order chi connectivity index (χ1) is 25.3. The van der Waals surface area contributed by atoms with Gasteiger partial charge < -0.3 is 15.5 Å². The van der Waals surface area contributed by atoms with Crippen LogP contribution in [-0.4, -0.2) is 78.2 Å². The van der Waals surface area contributed by atoms with Gasteiger partial charge in [-0.1, -0.05) is 53.5 Å². The van der Waals surface area contributed by atoms with Crippen molar-refractivity contribution in [1.82, 2.24) is 29.7 Å². The lowest BCUT2D eigenvalue weighted by Gasteiger charge is -2.17. The van der Waals surface area contributed by atoms with Crippen molar-refractivity contribution in [3.05, 3.63) is 118 Å². The number of carbonyl (C=O) groups is 1. The lowest BCUT2D eigenvalue weighted by Crippen LogP contribution is -2.22. The first-order valence-corrected chi connectivity index (χ1v) is 18.2. The standard InChI is InChI=1S/C40H37Cl2N7O3/c41-35-26(17-34-37-27(7-11-43-34)15-24(18-45-37)20-48-13-9-29(22-48)40(51)52)3-1-4-31(35)32-5-2-6-33(36(32)42)47-39-38-28(8-12-44-39)16-25(19-46-38)21-49-14-10-30(50)23-49/h1-8,11-12,15-16,18-19,29-30,50H,9-10,13-14,17,20-23H2,(H,44,47)(H,51,52)/t29-,30+/m1/s1. The fourth-order valence-electron chi connectivity index (χ4n) is 7.38. The number of hydrogen-bond donors (Lipinski definition) is 3. The summed E-state index contributed by atoms with van der Waals surface area (Å²) in [6.45, 7) is 4.27. The minimum atomic E-state index is -0.731. The van der Waals surface area contributed by atoms with E-state index >= 15 is 0 Å². The third-order valence-electron chi connectivity index (χ3n) is 10.0. The van der Waals surface area contributed by atoms with Crippen LogP contribution < -0.4 is 5.32 Å². The number of fused-ring (bicyclic) bond motifs is 2. The second kappa shape index (κ2) is 14.7. The number of nitrogens with zero attached hydrogens (tertiary/aromatic N) is 6. The van der Waals surface area contributed by atoms with Crippen LogP contribution in [0.5, 0.6) is 0 Å². The number of aliphatic hydroxyl groups is 1. The third kappa shape index (κ3) is 7.17. The first kappa shape index (κ1) is 34.4. The van der Waals surface area contributed by atoms with Crippen LogP contribution in [0.25, 0.3) is 32.9 Å². The van der Waals surface area contributed by atoms with E-state index in [9.17, 15) is 15.0 Å². The summed E-state index contributed by atoms with van der Waals surface area (Å²) in [7, 11) is 0. The fraction of sp³-hybridized carbons (Fsp3) is 0.275. The maximum absolute atomic E-state index is 11.4. The summed E-state index contributed by atoms with van der Waals surface area (Å²) < 4.78 is 0. The number of pyridine rings is 4. The molecule has 2 aliphatic rings. The number of carboxylic acid groups (broad SMARTS) is 1. The highest BCUT2D eigenvalue weighted by Crippen LogP contribution is 2.40. The van der Waals surface area contributed by atoms with Crippen LogP contribution in [-0.2, 0) is 24.3 Å². The number of rotatable bonds is 10. The van der Waals surface area contributed by atoms with Crippen LogP contribution >= 0.6 is 23.2 Å². The van der Waals surface area contributed by atoms with Crippen molar-refractivity contribution in [3.8, 4) is 11.1 Å². The third-order valence-corrected chi connectivity index (χ3v) is 10.9. The molecule has 2 saturated heterocycles. The van der Waals surface area contributed by atoms with Gasteiger partial charge in [-0.3, -0.25) is 29.5 Å². The van der Waals surface area contributed by atoms with Crippen molar-refractivity contribution in [2.24, 2.45) is 5.92 Å². The molecule has 3 N–H and O–H groups in total. The molecular formula is C40H37Cl2N7O3. The van der Waals surface area contributed by atoms with E-state index in [1.54, 1.807) is 12.4 Å². The van der Waals surface area contributed by atoms with Gasteiger partial charge in [-0.05, 0) is 66.4 Å². The van der Waals surface area contributed by atoms with Crippen LogP contribution in [0.2, 0.25) is 10.0 Å². The largest absolute Gasteiger partial charge is 0.481 e. The number of nitrogens with one attached hydrogen (secondary N) is 1. The molecule has 0 spiro atoms. The maximum Gasteiger partial charge on any atom is 0.307 e. The van der Waals surface area contributed by atoms with E-state index in [-0.39, 0.29) is 12.0 Å². The van der Waals surface area contributed by atoms with E-state index in [4.69, 9.17) is 33.2 Å². The van der Waals surface area contributed by atoms with Crippen LogP contribution in [0, 0.1) is 5.92 Å². The summed E-state index contributed by atoms with van der Waals surface area (Å²) in [6, 6.07) is 19.9. The highest BCUT2D eigenvalue weighted by Gasteiger charge is 2.28. The molecule has 2 atom stereocenters. The lowest BCUT2D eigenvalue weighted by molar-refractivity contribution is -0.141. The van der Waals surface area contributed by atoms with E-state index in [2.05, 4.69) is 37.2 Å². The molecule has 2 aromatic carbocycles. The molecule has 6 heterocycles. The summed E-state index contributed by atoms with van der Waals surface area (Å²) in [5.74, 6) is -0.443. The highest BCUT2D eigenvalue weighted by molar-refractivity contribution is 6.38. The van der Waals surface area contributed by atoms with E-state index in [0.29, 0.717) is 54.0 Å². The molecule has 2 aliphatic heterocycles. The van der Waals surface area contributed by atoms with E-state index in [0.717, 1.165) is 81.4 Å². The van der Waals surface area contributed by atoms with Crippen molar-refractivity contribution < 1.29 is 15.0 Å². The number of likely N-dealkylation sites (tertiary alicyclic amines) is 2. The van der Waals surface area contributed by atoms with Gasteiger partial charge in [0.25, 0.3) is 0 Å². The number of aliphatic hydroxyl groups excluding tert-OH is 1. The van der Waals surface area contributed by atoms with E-state index in [1.165, 1.54) is 0 Å². The Morgan fingerprint density at radius 1 is 0.788 bits per heavy atom. The molecule has 6 aromatic rings. The Morgan fingerprint density at radius 2 is 1.44 bits per heavy atom. The highest BCUT2D eigenvalue weighted by atomic mass is 35.5.